The molecule has 1 aliphatic heterocycles. The van der Waals surface area contributed by atoms with Gasteiger partial charge in [0.25, 0.3) is 0 Å². The van der Waals surface area contributed by atoms with E-state index in [9.17, 15) is 9.90 Å². The van der Waals surface area contributed by atoms with E-state index in [4.69, 9.17) is 11.6 Å². The molecule has 0 saturated heterocycles. The average Bonchev–Trinajstić information content (AvgIpc) is 3.20. The third kappa shape index (κ3) is 2.72. The third-order valence-electron chi connectivity index (χ3n) is 5.86. The number of unbranched alkanes of at least 4 members (excludes halogenated alkanes) is 1. The first-order chi connectivity index (χ1) is 14.1. The highest BCUT2D eigenvalue weighted by atomic mass is 35.5. The van der Waals surface area contributed by atoms with E-state index < -0.39 is 0 Å². The number of imidazole rings is 1. The number of nitrogens with one attached hydrogen (secondary N) is 1. The molecule has 1 aliphatic rings. The van der Waals surface area contributed by atoms with Crippen LogP contribution in [-0.4, -0.2) is 19.2 Å². The van der Waals surface area contributed by atoms with Gasteiger partial charge >= 0.3 is 5.69 Å². The van der Waals surface area contributed by atoms with E-state index in [0.717, 1.165) is 40.6 Å². The maximum absolute atomic E-state index is 13.4. The largest absolute Gasteiger partial charge is 0.493 e. The maximum Gasteiger partial charge on any atom is 0.332 e. The molecule has 0 aliphatic carbocycles. The standard InChI is InChI=1S/C23H22ClN3O2/c1-2-3-11-26-22(28)19-13-17-16-9-4-5-10-18(16)25-20(17)21(27(19)23(26)29)14-7-6-8-15(24)12-14/h4-10,12,21,25,28H,2-3,11,13H2,1H3/t21-/m0/s1. The predicted octanol–water partition coefficient (Wildman–Crippen LogP) is 4.83. The Hall–Kier alpha value is -2.92. The number of fused-ring (bicyclic) bond motifs is 4. The summed E-state index contributed by atoms with van der Waals surface area (Å²) < 4.78 is 3.23. The van der Waals surface area contributed by atoms with Gasteiger partial charge in [-0.15, -0.1) is 0 Å². The van der Waals surface area contributed by atoms with Gasteiger partial charge in [0.05, 0.1) is 5.69 Å². The van der Waals surface area contributed by atoms with Gasteiger partial charge in [-0.3, -0.25) is 9.13 Å². The number of rotatable bonds is 4. The highest BCUT2D eigenvalue weighted by Crippen LogP contribution is 2.41. The summed E-state index contributed by atoms with van der Waals surface area (Å²) in [4.78, 5) is 16.9. The average molecular weight is 408 g/mol. The Kier molecular flexibility index (Phi) is 4.28. The summed E-state index contributed by atoms with van der Waals surface area (Å²) in [7, 11) is 0. The van der Waals surface area contributed by atoms with Gasteiger partial charge in [-0.25, -0.2) is 4.79 Å². The molecule has 5 nitrogen and oxygen atoms in total. The SMILES string of the molecule is CCCCn1c(O)c2n(c1=O)[C@@H](c1cccc(Cl)c1)c1[nH]c3ccccc3c1C2. The van der Waals surface area contributed by atoms with E-state index in [1.807, 2.05) is 42.5 Å². The van der Waals surface area contributed by atoms with Crippen molar-refractivity contribution in [3.63, 3.8) is 0 Å². The van der Waals surface area contributed by atoms with Crippen molar-refractivity contribution in [1.29, 1.82) is 0 Å². The fourth-order valence-corrected chi connectivity index (χ4v) is 4.68. The van der Waals surface area contributed by atoms with Crippen LogP contribution in [0.5, 0.6) is 5.88 Å². The van der Waals surface area contributed by atoms with Gasteiger partial charge in [-0.05, 0) is 35.7 Å². The number of hydrogen-bond donors (Lipinski definition) is 2. The van der Waals surface area contributed by atoms with Crippen molar-refractivity contribution >= 4 is 22.5 Å². The van der Waals surface area contributed by atoms with Crippen molar-refractivity contribution in [1.82, 2.24) is 14.1 Å². The molecule has 5 rings (SSSR count). The van der Waals surface area contributed by atoms with Gasteiger partial charge < -0.3 is 10.1 Å². The van der Waals surface area contributed by atoms with Crippen molar-refractivity contribution in [2.45, 2.75) is 38.8 Å². The molecule has 29 heavy (non-hydrogen) atoms. The molecule has 2 aromatic heterocycles. The number of nitrogens with zero attached hydrogens (tertiary/aromatic N) is 2. The molecule has 0 fully saturated rings. The Balaban J connectivity index is 1.80. The lowest BCUT2D eigenvalue weighted by Crippen LogP contribution is -2.32. The molecule has 6 heteroatoms. The lowest BCUT2D eigenvalue weighted by Gasteiger charge is -2.26. The Labute approximate surface area is 173 Å². The minimum atomic E-state index is -0.360. The first kappa shape index (κ1) is 18.1. The normalized spacial score (nSPS) is 15.4. The number of aromatic hydroxyl groups is 1. The van der Waals surface area contributed by atoms with Crippen molar-refractivity contribution in [3.8, 4) is 5.88 Å². The number of para-hydroxylation sites is 1. The fourth-order valence-electron chi connectivity index (χ4n) is 4.48. The van der Waals surface area contributed by atoms with Crippen LogP contribution in [0.15, 0.2) is 53.3 Å². The molecule has 0 saturated carbocycles. The summed E-state index contributed by atoms with van der Waals surface area (Å²) in [5.41, 5.74) is 4.53. The molecule has 3 heterocycles. The van der Waals surface area contributed by atoms with Crippen LogP contribution < -0.4 is 5.69 Å². The number of hydrogen-bond acceptors (Lipinski definition) is 2. The quantitative estimate of drug-likeness (QED) is 0.448. The Morgan fingerprint density at radius 1 is 1.21 bits per heavy atom. The highest BCUT2D eigenvalue weighted by molar-refractivity contribution is 6.30. The molecule has 0 bridgehead atoms. The molecule has 0 radical (unpaired) electrons. The molecule has 148 valence electrons. The summed E-state index contributed by atoms with van der Waals surface area (Å²) in [5, 5.41) is 12.7. The summed E-state index contributed by atoms with van der Waals surface area (Å²) in [6.45, 7) is 2.59. The molecule has 0 unspecified atom stereocenters. The predicted molar refractivity (Wildman–Crippen MR) is 115 cm³/mol. The summed E-state index contributed by atoms with van der Waals surface area (Å²) in [6.07, 6.45) is 2.30. The monoisotopic (exact) mass is 407 g/mol. The van der Waals surface area contributed by atoms with Gasteiger partial charge in [0.1, 0.15) is 6.04 Å². The van der Waals surface area contributed by atoms with Crippen molar-refractivity contribution < 1.29 is 5.11 Å². The van der Waals surface area contributed by atoms with Crippen LogP contribution in [0, 0.1) is 0 Å². The number of halogens is 1. The molecule has 2 aromatic carbocycles. The number of aromatic nitrogens is 3. The van der Waals surface area contributed by atoms with Crippen LogP contribution in [-0.2, 0) is 13.0 Å². The second-order valence-corrected chi connectivity index (χ2v) is 8.06. The van der Waals surface area contributed by atoms with E-state index in [1.54, 1.807) is 4.57 Å². The van der Waals surface area contributed by atoms with E-state index in [1.165, 1.54) is 4.57 Å². The number of aromatic amines is 1. The van der Waals surface area contributed by atoms with Crippen LogP contribution in [0.2, 0.25) is 5.02 Å². The van der Waals surface area contributed by atoms with Crippen LogP contribution in [0.4, 0.5) is 0 Å². The lowest BCUT2D eigenvalue weighted by atomic mass is 9.93. The Bertz CT molecular complexity index is 1280. The fraction of sp³-hybridized carbons (Fsp3) is 0.261. The van der Waals surface area contributed by atoms with Gasteiger partial charge in [0, 0.05) is 34.6 Å². The maximum atomic E-state index is 13.4. The highest BCUT2D eigenvalue weighted by Gasteiger charge is 2.35. The van der Waals surface area contributed by atoms with Crippen LogP contribution in [0.25, 0.3) is 10.9 Å². The van der Waals surface area contributed by atoms with Crippen LogP contribution >= 0.6 is 11.6 Å². The van der Waals surface area contributed by atoms with E-state index in [0.29, 0.717) is 23.7 Å². The zero-order valence-corrected chi connectivity index (χ0v) is 16.9. The smallest absolute Gasteiger partial charge is 0.332 e. The Morgan fingerprint density at radius 2 is 2.03 bits per heavy atom. The van der Waals surface area contributed by atoms with Crippen LogP contribution in [0.3, 0.4) is 0 Å². The topological polar surface area (TPSA) is 62.9 Å². The molecular formula is C23H22ClN3O2. The first-order valence-corrected chi connectivity index (χ1v) is 10.4. The molecule has 4 aromatic rings. The van der Waals surface area contributed by atoms with E-state index in [-0.39, 0.29) is 17.6 Å². The molecule has 0 amide bonds. The Morgan fingerprint density at radius 3 is 2.83 bits per heavy atom. The lowest BCUT2D eigenvalue weighted by molar-refractivity contribution is 0.404. The second-order valence-electron chi connectivity index (χ2n) is 7.63. The van der Waals surface area contributed by atoms with E-state index in [2.05, 4.69) is 18.0 Å². The van der Waals surface area contributed by atoms with Gasteiger partial charge in [0.2, 0.25) is 5.88 Å². The first-order valence-electron chi connectivity index (χ1n) is 9.98. The third-order valence-corrected chi connectivity index (χ3v) is 6.10. The second kappa shape index (κ2) is 6.85. The van der Waals surface area contributed by atoms with Crippen LogP contribution in [0.1, 0.15) is 48.3 Å². The molecule has 1 atom stereocenters. The molecule has 0 spiro atoms. The number of benzene rings is 2. The summed E-state index contributed by atoms with van der Waals surface area (Å²) in [5.74, 6) is 0.0754. The zero-order chi connectivity index (χ0) is 20.1. The summed E-state index contributed by atoms with van der Waals surface area (Å²) in [6, 6.07) is 15.4. The van der Waals surface area contributed by atoms with Gasteiger partial charge in [-0.1, -0.05) is 55.3 Å². The molecule has 2 N–H and O–H groups in total. The minimum Gasteiger partial charge on any atom is -0.493 e. The minimum absolute atomic E-state index is 0.0754. The zero-order valence-electron chi connectivity index (χ0n) is 16.2. The van der Waals surface area contributed by atoms with Crippen molar-refractivity contribution in [2.24, 2.45) is 0 Å². The van der Waals surface area contributed by atoms with E-state index >= 15 is 0 Å². The van der Waals surface area contributed by atoms with Gasteiger partial charge in [-0.2, -0.15) is 0 Å². The van der Waals surface area contributed by atoms with Crippen molar-refractivity contribution in [2.75, 3.05) is 0 Å². The van der Waals surface area contributed by atoms with Gasteiger partial charge in [0.15, 0.2) is 0 Å². The molecular weight excluding hydrogens is 386 g/mol. The summed E-state index contributed by atoms with van der Waals surface area (Å²) >= 11 is 6.29. The van der Waals surface area contributed by atoms with Crippen molar-refractivity contribution in [3.05, 3.63) is 86.6 Å². The number of H-pyrrole nitrogens is 1.